The Bertz CT molecular complexity index is 480. The summed E-state index contributed by atoms with van der Waals surface area (Å²) in [6, 6.07) is 7.22. The Morgan fingerprint density at radius 1 is 1.52 bits per heavy atom. The number of hydrogen-bond donors (Lipinski definition) is 0. The second-order valence-corrected chi connectivity index (χ2v) is 5.78. The van der Waals surface area contributed by atoms with Crippen LogP contribution in [0.3, 0.4) is 0 Å². The highest BCUT2D eigenvalue weighted by Crippen LogP contribution is 2.26. The van der Waals surface area contributed by atoms with Crippen molar-refractivity contribution in [1.29, 1.82) is 0 Å². The molecule has 1 saturated heterocycles. The number of benzene rings is 1. The lowest BCUT2D eigenvalue weighted by Crippen LogP contribution is -2.32. The minimum Gasteiger partial charge on any atom is -0.493 e. The fourth-order valence-electron chi connectivity index (χ4n) is 2.77. The average molecular weight is 312 g/mol. The van der Waals surface area contributed by atoms with Crippen molar-refractivity contribution in [2.24, 2.45) is 11.8 Å². The Morgan fingerprint density at radius 3 is 2.95 bits per heavy atom. The maximum atomic E-state index is 12.0. The van der Waals surface area contributed by atoms with Crippen LogP contribution in [-0.2, 0) is 9.53 Å². The summed E-state index contributed by atoms with van der Waals surface area (Å²) in [5.41, 5.74) is 0. The van der Waals surface area contributed by atoms with E-state index in [2.05, 4.69) is 11.8 Å². The van der Waals surface area contributed by atoms with Gasteiger partial charge in [0.25, 0.3) is 0 Å². The van der Waals surface area contributed by atoms with Crippen LogP contribution in [0.25, 0.3) is 0 Å². The highest BCUT2D eigenvalue weighted by molar-refractivity contribution is 6.30. The number of hydrogen-bond acceptors (Lipinski definition) is 4. The minimum atomic E-state index is -0.231. The summed E-state index contributed by atoms with van der Waals surface area (Å²) in [6.07, 6.45) is 1.01. The molecule has 2 atom stereocenters. The molecule has 0 spiro atoms. The van der Waals surface area contributed by atoms with Crippen molar-refractivity contribution in [3.05, 3.63) is 29.3 Å². The predicted molar refractivity (Wildman–Crippen MR) is 82.7 cm³/mol. The molecule has 0 aliphatic carbocycles. The van der Waals surface area contributed by atoms with E-state index in [-0.39, 0.29) is 17.8 Å². The van der Waals surface area contributed by atoms with Crippen molar-refractivity contribution in [2.45, 2.75) is 13.3 Å². The number of methoxy groups -OCH3 is 1. The van der Waals surface area contributed by atoms with E-state index in [1.54, 1.807) is 12.1 Å². The van der Waals surface area contributed by atoms with Crippen LogP contribution in [0, 0.1) is 11.8 Å². The second-order valence-electron chi connectivity index (χ2n) is 5.34. The molecule has 0 N–H and O–H groups in total. The van der Waals surface area contributed by atoms with E-state index in [1.165, 1.54) is 7.11 Å². The summed E-state index contributed by atoms with van der Waals surface area (Å²) in [6.45, 7) is 5.44. The molecule has 4 nitrogen and oxygen atoms in total. The first-order chi connectivity index (χ1) is 10.1. The summed E-state index contributed by atoms with van der Waals surface area (Å²) in [5.74, 6) is 0.545. The zero-order chi connectivity index (χ0) is 15.2. The Kier molecular flexibility index (Phi) is 5.88. The minimum absolute atomic E-state index is 0.194. The summed E-state index contributed by atoms with van der Waals surface area (Å²) < 4.78 is 10.7. The van der Waals surface area contributed by atoms with Gasteiger partial charge in [-0.05, 0) is 43.6 Å². The molecule has 1 heterocycles. The van der Waals surface area contributed by atoms with E-state index in [4.69, 9.17) is 21.1 Å². The number of esters is 1. The first-order valence-corrected chi connectivity index (χ1v) is 7.70. The molecule has 1 aromatic rings. The van der Waals surface area contributed by atoms with E-state index in [0.717, 1.165) is 26.1 Å². The summed E-state index contributed by atoms with van der Waals surface area (Å²) in [7, 11) is 1.43. The molecule has 0 amide bonds. The van der Waals surface area contributed by atoms with Gasteiger partial charge in [0.15, 0.2) is 0 Å². The molecule has 0 aromatic heterocycles. The van der Waals surface area contributed by atoms with E-state index < -0.39 is 0 Å². The summed E-state index contributed by atoms with van der Waals surface area (Å²) in [5, 5.41) is 0.625. The number of carbonyl (C=O) groups is 1. The Hall–Kier alpha value is -1.26. The molecule has 5 heteroatoms. The molecule has 0 radical (unpaired) electrons. The van der Waals surface area contributed by atoms with Gasteiger partial charge in [0, 0.05) is 11.6 Å². The standard InChI is InChI=1S/C16H22ClNO3/c1-3-18-8-7-12(10-18)15(16(19)20-2)11-21-14-6-4-5-13(17)9-14/h4-6,9,12,15H,3,7-8,10-11H2,1-2H3. The molecule has 1 aliphatic heterocycles. The van der Waals surface area contributed by atoms with Crippen molar-refractivity contribution in [3.63, 3.8) is 0 Å². The number of halogens is 1. The van der Waals surface area contributed by atoms with Gasteiger partial charge in [-0.1, -0.05) is 24.6 Å². The molecule has 1 aromatic carbocycles. The van der Waals surface area contributed by atoms with Crippen molar-refractivity contribution < 1.29 is 14.3 Å². The van der Waals surface area contributed by atoms with Crippen molar-refractivity contribution >= 4 is 17.6 Å². The highest BCUT2D eigenvalue weighted by atomic mass is 35.5. The molecule has 21 heavy (non-hydrogen) atoms. The van der Waals surface area contributed by atoms with E-state index in [1.807, 2.05) is 12.1 Å². The lowest BCUT2D eigenvalue weighted by atomic mass is 9.92. The molecular weight excluding hydrogens is 290 g/mol. The summed E-state index contributed by atoms with van der Waals surface area (Å²) >= 11 is 5.94. The maximum Gasteiger partial charge on any atom is 0.312 e. The SMILES string of the molecule is CCN1CCC(C(COc2cccc(Cl)c2)C(=O)OC)C1. The fraction of sp³-hybridized carbons (Fsp3) is 0.562. The average Bonchev–Trinajstić information content (AvgIpc) is 2.96. The largest absolute Gasteiger partial charge is 0.493 e. The number of likely N-dealkylation sites (tertiary alicyclic amines) is 1. The van der Waals surface area contributed by atoms with Crippen LogP contribution in [0.1, 0.15) is 13.3 Å². The van der Waals surface area contributed by atoms with Crippen LogP contribution in [0.15, 0.2) is 24.3 Å². The Labute approximate surface area is 131 Å². The number of nitrogens with zero attached hydrogens (tertiary/aromatic N) is 1. The zero-order valence-corrected chi connectivity index (χ0v) is 13.3. The van der Waals surface area contributed by atoms with Crippen LogP contribution < -0.4 is 4.74 Å². The first-order valence-electron chi connectivity index (χ1n) is 7.32. The quantitative estimate of drug-likeness (QED) is 0.757. The molecular formula is C16H22ClNO3. The molecule has 1 fully saturated rings. The van der Waals surface area contributed by atoms with Gasteiger partial charge in [-0.3, -0.25) is 4.79 Å². The van der Waals surface area contributed by atoms with Crippen LogP contribution in [0.5, 0.6) is 5.75 Å². The van der Waals surface area contributed by atoms with Crippen LogP contribution >= 0.6 is 11.6 Å². The van der Waals surface area contributed by atoms with E-state index in [9.17, 15) is 4.79 Å². The Morgan fingerprint density at radius 2 is 2.33 bits per heavy atom. The van der Waals surface area contributed by atoms with Gasteiger partial charge in [-0.25, -0.2) is 0 Å². The van der Waals surface area contributed by atoms with Gasteiger partial charge in [0.05, 0.1) is 13.0 Å². The van der Waals surface area contributed by atoms with Crippen LogP contribution in [0.4, 0.5) is 0 Å². The second kappa shape index (κ2) is 7.66. The van der Waals surface area contributed by atoms with Gasteiger partial charge in [0.2, 0.25) is 0 Å². The van der Waals surface area contributed by atoms with Crippen molar-refractivity contribution in [2.75, 3.05) is 33.4 Å². The first kappa shape index (κ1) is 16.1. The number of rotatable bonds is 6. The predicted octanol–water partition coefficient (Wildman–Crippen LogP) is 2.85. The third-order valence-electron chi connectivity index (χ3n) is 4.05. The number of carbonyl (C=O) groups excluding carboxylic acids is 1. The third kappa shape index (κ3) is 4.35. The van der Waals surface area contributed by atoms with Gasteiger partial charge >= 0.3 is 5.97 Å². The molecule has 0 saturated carbocycles. The van der Waals surface area contributed by atoms with Gasteiger partial charge in [0.1, 0.15) is 12.4 Å². The van der Waals surface area contributed by atoms with Crippen molar-refractivity contribution in [3.8, 4) is 5.75 Å². The molecule has 1 aliphatic rings. The molecule has 2 rings (SSSR count). The van der Waals surface area contributed by atoms with Crippen LogP contribution in [0.2, 0.25) is 5.02 Å². The van der Waals surface area contributed by atoms with Crippen molar-refractivity contribution in [1.82, 2.24) is 4.90 Å². The zero-order valence-electron chi connectivity index (χ0n) is 12.5. The molecule has 116 valence electrons. The van der Waals surface area contributed by atoms with E-state index in [0.29, 0.717) is 17.4 Å². The van der Waals surface area contributed by atoms with Gasteiger partial charge in [-0.2, -0.15) is 0 Å². The molecule has 0 bridgehead atoms. The number of ether oxygens (including phenoxy) is 2. The monoisotopic (exact) mass is 311 g/mol. The highest BCUT2D eigenvalue weighted by Gasteiger charge is 2.34. The van der Waals surface area contributed by atoms with E-state index >= 15 is 0 Å². The van der Waals surface area contributed by atoms with Crippen LogP contribution in [-0.4, -0.2) is 44.2 Å². The third-order valence-corrected chi connectivity index (χ3v) is 4.29. The smallest absolute Gasteiger partial charge is 0.312 e. The lowest BCUT2D eigenvalue weighted by Gasteiger charge is -2.22. The Balaban J connectivity index is 1.98. The molecule has 2 unspecified atom stereocenters. The maximum absolute atomic E-state index is 12.0. The van der Waals surface area contributed by atoms with Gasteiger partial charge < -0.3 is 14.4 Å². The topological polar surface area (TPSA) is 38.8 Å². The normalized spacial score (nSPS) is 20.2. The lowest BCUT2D eigenvalue weighted by molar-refractivity contribution is -0.148. The van der Waals surface area contributed by atoms with Gasteiger partial charge in [-0.15, -0.1) is 0 Å². The summed E-state index contributed by atoms with van der Waals surface area (Å²) in [4.78, 5) is 14.4. The fourth-order valence-corrected chi connectivity index (χ4v) is 2.95.